The Kier molecular flexibility index (Phi) is 7.06. The van der Waals surface area contributed by atoms with Crippen LogP contribution >= 0.6 is 23.2 Å². The summed E-state index contributed by atoms with van der Waals surface area (Å²) in [5, 5.41) is 8.91. The van der Waals surface area contributed by atoms with E-state index in [0.29, 0.717) is 18.1 Å². The second-order valence-electron chi connectivity index (χ2n) is 3.66. The molecular weight excluding hydrogens is 313 g/mol. The molecule has 0 saturated carbocycles. The van der Waals surface area contributed by atoms with E-state index >= 15 is 0 Å². The lowest BCUT2D eigenvalue weighted by molar-refractivity contribution is 0.0913. The van der Waals surface area contributed by atoms with Crippen molar-refractivity contribution >= 4 is 33.2 Å². The molecule has 8 heteroatoms. The number of aliphatic hydroxyl groups is 1. The Balaban J connectivity index is 2.54. The van der Waals surface area contributed by atoms with E-state index in [1.807, 2.05) is 0 Å². The summed E-state index contributed by atoms with van der Waals surface area (Å²) < 4.78 is 31.3. The average molecular weight is 328 g/mol. The quantitative estimate of drug-likeness (QED) is 0.712. The summed E-state index contributed by atoms with van der Waals surface area (Å²) in [5.41, 5.74) is 0. The largest absolute Gasteiger partial charge is 0.394 e. The third kappa shape index (κ3) is 5.64. The summed E-state index contributed by atoms with van der Waals surface area (Å²) in [6.07, 6.45) is 0.497. The molecule has 0 atom stereocenters. The zero-order valence-corrected chi connectivity index (χ0v) is 12.4. The predicted octanol–water partition coefficient (Wildman–Crippen LogP) is 1.67. The van der Waals surface area contributed by atoms with E-state index in [9.17, 15) is 8.42 Å². The van der Waals surface area contributed by atoms with Crippen molar-refractivity contribution in [2.24, 2.45) is 0 Å². The van der Waals surface area contributed by atoms with E-state index in [1.54, 1.807) is 0 Å². The van der Waals surface area contributed by atoms with Crippen LogP contribution in [0.1, 0.15) is 6.42 Å². The Labute approximate surface area is 122 Å². The molecule has 1 aromatic carbocycles. The van der Waals surface area contributed by atoms with Gasteiger partial charge in [-0.15, -0.1) is 0 Å². The summed E-state index contributed by atoms with van der Waals surface area (Å²) >= 11 is 11.6. The molecule has 0 saturated heterocycles. The fraction of sp³-hybridized carbons (Fsp3) is 0.455. The lowest BCUT2D eigenvalue weighted by Crippen LogP contribution is -2.26. The van der Waals surface area contributed by atoms with Gasteiger partial charge < -0.3 is 9.84 Å². The smallest absolute Gasteiger partial charge is 0.242 e. The van der Waals surface area contributed by atoms with Crippen LogP contribution in [0.3, 0.4) is 0 Å². The Morgan fingerprint density at radius 2 is 2.00 bits per heavy atom. The molecule has 5 nitrogen and oxygen atoms in total. The molecule has 0 aliphatic heterocycles. The van der Waals surface area contributed by atoms with Crippen molar-refractivity contribution in [2.45, 2.75) is 11.3 Å². The maximum atomic E-state index is 12.0. The van der Waals surface area contributed by atoms with Gasteiger partial charge in [0, 0.05) is 18.2 Å². The number of sulfonamides is 1. The van der Waals surface area contributed by atoms with Crippen LogP contribution in [-0.2, 0) is 14.8 Å². The van der Waals surface area contributed by atoms with Crippen molar-refractivity contribution in [1.29, 1.82) is 0 Å². The molecule has 19 heavy (non-hydrogen) atoms. The van der Waals surface area contributed by atoms with Gasteiger partial charge >= 0.3 is 0 Å². The molecule has 0 aliphatic rings. The van der Waals surface area contributed by atoms with Gasteiger partial charge in [-0.2, -0.15) is 0 Å². The van der Waals surface area contributed by atoms with Gasteiger partial charge in [0.2, 0.25) is 10.0 Å². The fourth-order valence-electron chi connectivity index (χ4n) is 1.31. The van der Waals surface area contributed by atoms with Crippen LogP contribution in [0.4, 0.5) is 0 Å². The maximum absolute atomic E-state index is 12.0. The van der Waals surface area contributed by atoms with Crippen LogP contribution < -0.4 is 4.72 Å². The highest BCUT2D eigenvalue weighted by atomic mass is 35.5. The molecule has 0 bridgehead atoms. The molecule has 0 aromatic heterocycles. The van der Waals surface area contributed by atoms with Crippen molar-refractivity contribution in [3.63, 3.8) is 0 Å². The van der Waals surface area contributed by atoms with Crippen molar-refractivity contribution in [2.75, 3.05) is 26.4 Å². The first-order valence-corrected chi connectivity index (χ1v) is 7.84. The van der Waals surface area contributed by atoms with Gasteiger partial charge in [-0.05, 0) is 24.6 Å². The highest BCUT2D eigenvalue weighted by molar-refractivity contribution is 7.89. The van der Waals surface area contributed by atoms with Gasteiger partial charge in [-0.25, -0.2) is 13.1 Å². The second-order valence-corrected chi connectivity index (χ2v) is 6.24. The Bertz CT molecular complexity index is 507. The van der Waals surface area contributed by atoms with Crippen LogP contribution in [0.15, 0.2) is 23.1 Å². The number of benzene rings is 1. The van der Waals surface area contributed by atoms with Gasteiger partial charge in [0.1, 0.15) is 4.90 Å². The maximum Gasteiger partial charge on any atom is 0.242 e. The molecule has 0 unspecified atom stereocenters. The first-order chi connectivity index (χ1) is 8.97. The summed E-state index contributed by atoms with van der Waals surface area (Å²) in [7, 11) is -3.68. The number of hydrogen-bond donors (Lipinski definition) is 2. The molecule has 0 heterocycles. The van der Waals surface area contributed by atoms with Gasteiger partial charge in [-0.1, -0.05) is 23.2 Å². The van der Waals surface area contributed by atoms with Crippen molar-refractivity contribution in [1.82, 2.24) is 4.72 Å². The number of ether oxygens (including phenoxy) is 1. The van der Waals surface area contributed by atoms with E-state index in [4.69, 9.17) is 33.0 Å². The average Bonchev–Trinajstić information content (AvgIpc) is 2.36. The molecule has 0 spiro atoms. The molecule has 108 valence electrons. The van der Waals surface area contributed by atoms with Crippen LogP contribution in [0.25, 0.3) is 0 Å². The number of aliphatic hydroxyl groups excluding tert-OH is 1. The minimum absolute atomic E-state index is 0.0436. The number of hydrogen-bond acceptors (Lipinski definition) is 4. The lowest BCUT2D eigenvalue weighted by Gasteiger charge is -2.08. The van der Waals surface area contributed by atoms with Crippen LogP contribution in [-0.4, -0.2) is 39.9 Å². The SMILES string of the molecule is O=S(=O)(NCCCOCCO)c1cc(Cl)ccc1Cl. The minimum Gasteiger partial charge on any atom is -0.394 e. The van der Waals surface area contributed by atoms with Crippen LogP contribution in [0, 0.1) is 0 Å². The summed E-state index contributed by atoms with van der Waals surface area (Å²) in [6, 6.07) is 4.25. The molecule has 1 aromatic rings. The van der Waals surface area contributed by atoms with Crippen molar-refractivity contribution in [3.05, 3.63) is 28.2 Å². The molecule has 0 amide bonds. The fourth-order valence-corrected chi connectivity index (χ4v) is 3.14. The number of halogens is 2. The molecule has 0 fully saturated rings. The van der Waals surface area contributed by atoms with E-state index in [-0.39, 0.29) is 29.7 Å². The molecule has 1 rings (SSSR count). The van der Waals surface area contributed by atoms with Crippen LogP contribution in [0.2, 0.25) is 10.0 Å². The van der Waals surface area contributed by atoms with Crippen molar-refractivity contribution < 1.29 is 18.3 Å². The first-order valence-electron chi connectivity index (χ1n) is 5.60. The minimum atomic E-state index is -3.68. The standard InChI is InChI=1S/C11H15Cl2NO4S/c12-9-2-3-10(13)11(8-9)19(16,17)14-4-1-6-18-7-5-15/h2-3,8,14-15H,1,4-7H2. The number of nitrogens with one attached hydrogen (secondary N) is 1. The number of rotatable bonds is 8. The predicted molar refractivity (Wildman–Crippen MR) is 74.2 cm³/mol. The zero-order valence-electron chi connectivity index (χ0n) is 10.1. The lowest BCUT2D eigenvalue weighted by atomic mass is 10.4. The van der Waals surface area contributed by atoms with Gasteiger partial charge in [-0.3, -0.25) is 0 Å². The third-order valence-corrected chi connectivity index (χ3v) is 4.35. The Morgan fingerprint density at radius 1 is 1.26 bits per heavy atom. The van der Waals surface area contributed by atoms with Crippen LogP contribution in [0.5, 0.6) is 0 Å². The van der Waals surface area contributed by atoms with Gasteiger partial charge in [0.05, 0.1) is 18.2 Å². The molecular formula is C11H15Cl2NO4S. The Hall–Kier alpha value is -0.370. The van der Waals surface area contributed by atoms with Gasteiger partial charge in [0.25, 0.3) is 0 Å². The van der Waals surface area contributed by atoms with E-state index in [2.05, 4.69) is 4.72 Å². The highest BCUT2D eigenvalue weighted by Gasteiger charge is 2.17. The monoisotopic (exact) mass is 327 g/mol. The zero-order chi connectivity index (χ0) is 14.3. The van der Waals surface area contributed by atoms with E-state index < -0.39 is 10.0 Å². The first kappa shape index (κ1) is 16.7. The van der Waals surface area contributed by atoms with Gasteiger partial charge in [0.15, 0.2) is 0 Å². The second kappa shape index (κ2) is 8.04. The summed E-state index contributed by atoms with van der Waals surface area (Å²) in [5.74, 6) is 0. The molecule has 2 N–H and O–H groups in total. The summed E-state index contributed by atoms with van der Waals surface area (Å²) in [6.45, 7) is 0.777. The molecule has 0 aliphatic carbocycles. The van der Waals surface area contributed by atoms with E-state index in [1.165, 1.54) is 18.2 Å². The van der Waals surface area contributed by atoms with Crippen molar-refractivity contribution in [3.8, 4) is 0 Å². The molecule has 0 radical (unpaired) electrons. The third-order valence-electron chi connectivity index (χ3n) is 2.18. The summed E-state index contributed by atoms with van der Waals surface area (Å²) in [4.78, 5) is -0.0436. The Morgan fingerprint density at radius 3 is 2.68 bits per heavy atom. The van der Waals surface area contributed by atoms with E-state index in [0.717, 1.165) is 0 Å². The normalized spacial score (nSPS) is 11.7. The highest BCUT2D eigenvalue weighted by Crippen LogP contribution is 2.24. The topological polar surface area (TPSA) is 75.6 Å².